The Morgan fingerprint density at radius 3 is 2.70 bits per heavy atom. The minimum Gasteiger partial charge on any atom is -0.492 e. The summed E-state index contributed by atoms with van der Waals surface area (Å²) in [6, 6.07) is 15.7. The van der Waals surface area contributed by atoms with E-state index in [0.29, 0.717) is 72.5 Å². The standard InChI is InChI=1S/C31H28FNO7/c1-35-30(34)13-19-16-37-29-14-21(2-4-23(19)29)39-28-8-5-24-27(9-6-25(32)31(24)28)38-20-3-7-26(18(12-20)15-33)40-22-10-11-36-17-22/h2-4,6-7,9,12,14,19,22,28H,5,8,10-11,13,16-17H2,1H3/t19?,22?,28-/m1/s1. The second kappa shape index (κ2) is 11.1. The van der Waals surface area contributed by atoms with Gasteiger partial charge in [-0.25, -0.2) is 4.39 Å². The van der Waals surface area contributed by atoms with E-state index in [2.05, 4.69) is 6.07 Å². The van der Waals surface area contributed by atoms with Crippen molar-refractivity contribution in [2.75, 3.05) is 26.9 Å². The molecule has 3 aromatic rings. The number of carbonyl (C=O) groups excluding carboxylic acids is 1. The third-order valence-electron chi connectivity index (χ3n) is 7.50. The van der Waals surface area contributed by atoms with E-state index in [9.17, 15) is 10.1 Å². The van der Waals surface area contributed by atoms with Gasteiger partial charge in [0.2, 0.25) is 0 Å². The van der Waals surface area contributed by atoms with E-state index < -0.39 is 6.10 Å². The summed E-state index contributed by atoms with van der Waals surface area (Å²) in [5.41, 5.74) is 2.49. The van der Waals surface area contributed by atoms with Gasteiger partial charge in [0.25, 0.3) is 0 Å². The number of halogens is 1. The fourth-order valence-electron chi connectivity index (χ4n) is 5.48. The zero-order valence-electron chi connectivity index (χ0n) is 22.0. The first-order chi connectivity index (χ1) is 19.5. The highest BCUT2D eigenvalue weighted by Gasteiger charge is 2.32. The molecule has 0 N–H and O–H groups in total. The molecule has 8 nitrogen and oxygen atoms in total. The van der Waals surface area contributed by atoms with E-state index in [4.69, 9.17) is 28.4 Å². The summed E-state index contributed by atoms with van der Waals surface area (Å²) >= 11 is 0. The summed E-state index contributed by atoms with van der Waals surface area (Å²) in [5, 5.41) is 9.66. The molecular weight excluding hydrogens is 517 g/mol. The molecule has 1 fully saturated rings. The van der Waals surface area contributed by atoms with Gasteiger partial charge in [0.15, 0.2) is 0 Å². The van der Waals surface area contributed by atoms with Crippen molar-refractivity contribution < 1.29 is 37.6 Å². The monoisotopic (exact) mass is 545 g/mol. The highest BCUT2D eigenvalue weighted by atomic mass is 19.1. The highest BCUT2D eigenvalue weighted by molar-refractivity contribution is 5.71. The number of esters is 1. The number of fused-ring (bicyclic) bond motifs is 2. The van der Waals surface area contributed by atoms with E-state index in [1.165, 1.54) is 13.2 Å². The third-order valence-corrected chi connectivity index (χ3v) is 7.50. The molecule has 40 heavy (non-hydrogen) atoms. The third kappa shape index (κ3) is 5.15. The normalized spacial score (nSPS) is 20.7. The van der Waals surface area contributed by atoms with Gasteiger partial charge in [-0.2, -0.15) is 5.26 Å². The molecular formula is C31H28FNO7. The first-order valence-corrected chi connectivity index (χ1v) is 13.3. The van der Waals surface area contributed by atoms with Crippen molar-refractivity contribution in [3.05, 3.63) is 76.6 Å². The van der Waals surface area contributed by atoms with Crippen LogP contribution in [0.25, 0.3) is 0 Å². The zero-order chi connectivity index (χ0) is 27.6. The van der Waals surface area contributed by atoms with Crippen molar-refractivity contribution in [3.63, 3.8) is 0 Å². The Labute approximate surface area is 231 Å². The lowest BCUT2D eigenvalue weighted by Gasteiger charge is -2.18. The fraction of sp³-hybridized carbons (Fsp3) is 0.355. The van der Waals surface area contributed by atoms with E-state index in [1.54, 1.807) is 30.3 Å². The minimum atomic E-state index is -0.497. The number of ether oxygens (including phenoxy) is 6. The molecule has 0 amide bonds. The Hall–Kier alpha value is -4.29. The molecule has 3 aliphatic rings. The quantitative estimate of drug-likeness (QED) is 0.330. The number of nitriles is 1. The lowest BCUT2D eigenvalue weighted by Crippen LogP contribution is -2.16. The van der Waals surface area contributed by atoms with Crippen LogP contribution in [-0.4, -0.2) is 39.0 Å². The van der Waals surface area contributed by atoms with Crippen molar-refractivity contribution in [2.45, 2.75) is 43.8 Å². The lowest BCUT2D eigenvalue weighted by molar-refractivity contribution is -0.141. The van der Waals surface area contributed by atoms with Crippen LogP contribution in [0.5, 0.6) is 28.7 Å². The van der Waals surface area contributed by atoms with Crippen LogP contribution >= 0.6 is 0 Å². The van der Waals surface area contributed by atoms with Gasteiger partial charge in [-0.3, -0.25) is 4.79 Å². The van der Waals surface area contributed by atoms with Crippen molar-refractivity contribution >= 4 is 5.97 Å². The molecule has 206 valence electrons. The van der Waals surface area contributed by atoms with Crippen molar-refractivity contribution in [1.82, 2.24) is 0 Å². The van der Waals surface area contributed by atoms with Gasteiger partial charge < -0.3 is 28.4 Å². The van der Waals surface area contributed by atoms with Crippen LogP contribution in [0.2, 0.25) is 0 Å². The predicted octanol–water partition coefficient (Wildman–Crippen LogP) is 5.76. The van der Waals surface area contributed by atoms with Crippen LogP contribution in [-0.2, 0) is 20.7 Å². The molecule has 0 saturated carbocycles. The smallest absolute Gasteiger partial charge is 0.306 e. The Morgan fingerprint density at radius 1 is 1.05 bits per heavy atom. The number of methoxy groups -OCH3 is 1. The van der Waals surface area contributed by atoms with Crippen LogP contribution in [0.15, 0.2) is 48.5 Å². The minimum absolute atomic E-state index is 0.0697. The van der Waals surface area contributed by atoms with E-state index >= 15 is 4.39 Å². The first-order valence-electron chi connectivity index (χ1n) is 13.3. The van der Waals surface area contributed by atoms with Gasteiger partial charge in [0, 0.05) is 41.2 Å². The SMILES string of the molecule is COC(=O)CC1COc2cc(O[C@@H]3CCc4c(Oc5ccc(OC6CCOC6)c(C#N)c5)ccc(F)c43)ccc21. The van der Waals surface area contributed by atoms with Gasteiger partial charge in [-0.05, 0) is 43.2 Å². The van der Waals surface area contributed by atoms with Crippen LogP contribution < -0.4 is 18.9 Å². The molecule has 0 radical (unpaired) electrons. The Balaban J connectivity index is 1.18. The fourth-order valence-corrected chi connectivity index (χ4v) is 5.48. The Morgan fingerprint density at radius 2 is 1.90 bits per heavy atom. The summed E-state index contributed by atoms with van der Waals surface area (Å²) < 4.78 is 49.3. The second-order valence-electron chi connectivity index (χ2n) is 10.0. The lowest BCUT2D eigenvalue weighted by atomic mass is 9.98. The summed E-state index contributed by atoms with van der Waals surface area (Å²) in [7, 11) is 1.37. The number of hydrogen-bond donors (Lipinski definition) is 0. The maximum absolute atomic E-state index is 15.1. The average molecular weight is 546 g/mol. The molecule has 0 bridgehead atoms. The zero-order valence-corrected chi connectivity index (χ0v) is 22.0. The van der Waals surface area contributed by atoms with Gasteiger partial charge in [0.05, 0.1) is 38.9 Å². The topological polar surface area (TPSA) is 96.2 Å². The summed E-state index contributed by atoms with van der Waals surface area (Å²) in [4.78, 5) is 11.7. The van der Waals surface area contributed by atoms with Crippen molar-refractivity contribution in [2.24, 2.45) is 0 Å². The number of rotatable bonds is 8. The molecule has 9 heteroatoms. The molecule has 2 unspecified atom stereocenters. The average Bonchev–Trinajstić information content (AvgIpc) is 3.72. The highest BCUT2D eigenvalue weighted by Crippen LogP contribution is 2.44. The van der Waals surface area contributed by atoms with Gasteiger partial charge in [-0.15, -0.1) is 0 Å². The van der Waals surface area contributed by atoms with Crippen molar-refractivity contribution in [1.29, 1.82) is 5.26 Å². The van der Waals surface area contributed by atoms with Crippen LogP contribution in [0, 0.1) is 17.1 Å². The molecule has 0 aromatic heterocycles. The molecule has 3 atom stereocenters. The molecule has 2 aliphatic heterocycles. The molecule has 1 saturated heterocycles. The van der Waals surface area contributed by atoms with Crippen molar-refractivity contribution in [3.8, 4) is 34.8 Å². The van der Waals surface area contributed by atoms with Gasteiger partial charge in [-0.1, -0.05) is 6.07 Å². The van der Waals surface area contributed by atoms with E-state index in [1.807, 2.05) is 12.1 Å². The Bertz CT molecular complexity index is 1480. The summed E-state index contributed by atoms with van der Waals surface area (Å²) in [5.74, 6) is 1.96. The number of hydrogen-bond acceptors (Lipinski definition) is 8. The second-order valence-corrected chi connectivity index (χ2v) is 10.0. The molecule has 6 rings (SSSR count). The van der Waals surface area contributed by atoms with Crippen LogP contribution in [0.4, 0.5) is 4.39 Å². The maximum Gasteiger partial charge on any atom is 0.306 e. The molecule has 1 aliphatic carbocycles. The molecule has 3 aromatic carbocycles. The van der Waals surface area contributed by atoms with Gasteiger partial charge in [0.1, 0.15) is 52.8 Å². The summed E-state index contributed by atoms with van der Waals surface area (Å²) in [6.07, 6.45) is 1.61. The molecule has 0 spiro atoms. The first kappa shape index (κ1) is 26.0. The largest absolute Gasteiger partial charge is 0.492 e. The maximum atomic E-state index is 15.1. The summed E-state index contributed by atoms with van der Waals surface area (Å²) in [6.45, 7) is 1.54. The predicted molar refractivity (Wildman–Crippen MR) is 140 cm³/mol. The van der Waals surface area contributed by atoms with Gasteiger partial charge >= 0.3 is 5.97 Å². The van der Waals surface area contributed by atoms with Crippen LogP contribution in [0.1, 0.15) is 53.5 Å². The Kier molecular flexibility index (Phi) is 7.18. The van der Waals surface area contributed by atoms with E-state index in [-0.39, 0.29) is 30.2 Å². The van der Waals surface area contributed by atoms with Crippen LogP contribution in [0.3, 0.4) is 0 Å². The number of nitrogens with zero attached hydrogens (tertiary/aromatic N) is 1. The number of benzene rings is 3. The molecule has 2 heterocycles. The number of carbonyl (C=O) groups is 1. The van der Waals surface area contributed by atoms with E-state index in [0.717, 1.165) is 17.5 Å².